The maximum atomic E-state index is 4.41. The predicted molar refractivity (Wildman–Crippen MR) is 61.3 cm³/mol. The van der Waals surface area contributed by atoms with Gasteiger partial charge in [-0.3, -0.25) is 0 Å². The van der Waals surface area contributed by atoms with E-state index in [0.717, 1.165) is 13.1 Å². The van der Waals surface area contributed by atoms with E-state index in [1.54, 1.807) is 0 Å². The Bertz CT molecular complexity index is 596. The van der Waals surface area contributed by atoms with E-state index < -0.39 is 0 Å². The summed E-state index contributed by atoms with van der Waals surface area (Å²) in [6.45, 7) is 2.52. The van der Waals surface area contributed by atoms with Crippen molar-refractivity contribution in [2.75, 3.05) is 6.54 Å². The van der Waals surface area contributed by atoms with Crippen LogP contribution in [-0.2, 0) is 13.1 Å². The highest BCUT2D eigenvalue weighted by Crippen LogP contribution is 2.36. The first-order valence-corrected chi connectivity index (χ1v) is 5.63. The lowest BCUT2D eigenvalue weighted by Crippen LogP contribution is -2.26. The average Bonchev–Trinajstić information content (AvgIpc) is 2.57. The quantitative estimate of drug-likeness (QED) is 0.691. The van der Waals surface area contributed by atoms with E-state index >= 15 is 0 Å². The van der Waals surface area contributed by atoms with Crippen molar-refractivity contribution >= 4 is 10.9 Å². The van der Waals surface area contributed by atoms with Crippen molar-refractivity contribution in [3.8, 4) is 0 Å². The van der Waals surface area contributed by atoms with Crippen LogP contribution in [-0.4, -0.2) is 11.5 Å². The van der Waals surface area contributed by atoms with Gasteiger partial charge in [-0.15, -0.1) is 0 Å². The number of aromatic nitrogens is 1. The van der Waals surface area contributed by atoms with E-state index in [0.29, 0.717) is 6.54 Å². The minimum atomic E-state index is 0.196. The van der Waals surface area contributed by atoms with Gasteiger partial charge in [-0.1, -0.05) is 12.1 Å². The van der Waals surface area contributed by atoms with Crippen molar-refractivity contribution in [1.82, 2.24) is 10.3 Å². The second-order valence-corrected chi connectivity index (χ2v) is 4.42. The van der Waals surface area contributed by atoms with Gasteiger partial charge in [-0.2, -0.15) is 10.2 Å². The number of nitrogens with zero attached hydrogens (tertiary/aromatic N) is 2. The summed E-state index contributed by atoms with van der Waals surface area (Å²) in [4.78, 5) is 3.49. The molecule has 0 radical (unpaired) electrons. The third-order valence-corrected chi connectivity index (χ3v) is 3.47. The molecule has 3 heterocycles. The highest BCUT2D eigenvalue weighted by atomic mass is 15.1. The molecule has 1 unspecified atom stereocenters. The minimum absolute atomic E-state index is 0.196. The van der Waals surface area contributed by atoms with Gasteiger partial charge in [-0.05, 0) is 11.6 Å². The van der Waals surface area contributed by atoms with Crippen LogP contribution in [0.25, 0.3) is 10.9 Å². The maximum absolute atomic E-state index is 4.41. The number of rotatable bonds is 0. The molecule has 2 aromatic rings. The van der Waals surface area contributed by atoms with Crippen LogP contribution in [0.4, 0.5) is 0 Å². The van der Waals surface area contributed by atoms with Gasteiger partial charge in [0.2, 0.25) is 0 Å². The van der Waals surface area contributed by atoms with Crippen LogP contribution in [0.15, 0.2) is 28.4 Å². The number of benzene rings is 1. The SMILES string of the molecule is c1cc2c3c4c([nH]c3c1)CNCC4N=NC2. The number of azo groups is 1. The summed E-state index contributed by atoms with van der Waals surface area (Å²) >= 11 is 0. The van der Waals surface area contributed by atoms with Gasteiger partial charge in [0, 0.05) is 35.2 Å². The largest absolute Gasteiger partial charge is 0.357 e. The van der Waals surface area contributed by atoms with E-state index in [-0.39, 0.29) is 6.04 Å². The molecule has 0 saturated carbocycles. The number of H-pyrrole nitrogens is 1. The summed E-state index contributed by atoms with van der Waals surface area (Å²) < 4.78 is 0. The summed E-state index contributed by atoms with van der Waals surface area (Å²) in [5.41, 5.74) is 5.16. The fourth-order valence-electron chi connectivity index (χ4n) is 2.79. The Morgan fingerprint density at radius 2 is 2.31 bits per heavy atom. The summed E-state index contributed by atoms with van der Waals surface area (Å²) in [5.74, 6) is 0. The molecule has 0 amide bonds. The average molecular weight is 212 g/mol. The van der Waals surface area contributed by atoms with E-state index in [2.05, 4.69) is 38.7 Å². The number of aromatic amines is 1. The molecule has 0 bridgehead atoms. The highest BCUT2D eigenvalue weighted by Gasteiger charge is 2.26. The number of hydrogen-bond acceptors (Lipinski definition) is 3. The van der Waals surface area contributed by atoms with Crippen LogP contribution < -0.4 is 5.32 Å². The lowest BCUT2D eigenvalue weighted by atomic mass is 9.97. The molecule has 80 valence electrons. The minimum Gasteiger partial charge on any atom is -0.357 e. The molecule has 0 spiro atoms. The molecule has 2 N–H and O–H groups in total. The molecule has 0 aliphatic carbocycles. The van der Waals surface area contributed by atoms with E-state index in [4.69, 9.17) is 0 Å². The van der Waals surface area contributed by atoms with Crippen LogP contribution in [0, 0.1) is 0 Å². The van der Waals surface area contributed by atoms with Crippen LogP contribution in [0.3, 0.4) is 0 Å². The number of nitrogens with one attached hydrogen (secondary N) is 2. The molecule has 0 saturated heterocycles. The molecule has 0 fully saturated rings. The summed E-state index contributed by atoms with van der Waals surface area (Å²) in [5, 5.41) is 13.4. The van der Waals surface area contributed by atoms with Crippen molar-refractivity contribution in [2.24, 2.45) is 10.2 Å². The molecular weight excluding hydrogens is 200 g/mol. The molecule has 2 aliphatic heterocycles. The van der Waals surface area contributed by atoms with E-state index in [1.165, 1.54) is 27.7 Å². The van der Waals surface area contributed by atoms with Gasteiger partial charge in [0.1, 0.15) is 6.04 Å². The van der Waals surface area contributed by atoms with E-state index in [9.17, 15) is 0 Å². The van der Waals surface area contributed by atoms with Gasteiger partial charge in [0.15, 0.2) is 0 Å². The predicted octanol–water partition coefficient (Wildman–Crippen LogP) is 2.28. The Morgan fingerprint density at radius 3 is 3.31 bits per heavy atom. The smallest absolute Gasteiger partial charge is 0.111 e. The zero-order chi connectivity index (χ0) is 10.5. The molecule has 4 nitrogen and oxygen atoms in total. The molecule has 1 aromatic carbocycles. The summed E-state index contributed by atoms with van der Waals surface area (Å²) in [6.07, 6.45) is 0. The first-order chi connectivity index (χ1) is 7.93. The lowest BCUT2D eigenvalue weighted by molar-refractivity contribution is 0.535. The lowest BCUT2D eigenvalue weighted by Gasteiger charge is -2.18. The molecule has 16 heavy (non-hydrogen) atoms. The molecule has 1 atom stereocenters. The van der Waals surface area contributed by atoms with Gasteiger partial charge in [0.05, 0.1) is 6.54 Å². The normalized spacial score (nSPS) is 22.4. The third-order valence-electron chi connectivity index (χ3n) is 3.47. The Labute approximate surface area is 92.8 Å². The molecule has 4 heteroatoms. The summed E-state index contributed by atoms with van der Waals surface area (Å²) in [6, 6.07) is 6.57. The molecule has 2 aliphatic rings. The molecule has 1 aromatic heterocycles. The third kappa shape index (κ3) is 0.971. The van der Waals surface area contributed by atoms with Crippen LogP contribution in [0.5, 0.6) is 0 Å². The fraction of sp³-hybridized carbons (Fsp3) is 0.333. The second kappa shape index (κ2) is 2.92. The first kappa shape index (κ1) is 8.47. The maximum Gasteiger partial charge on any atom is 0.111 e. The van der Waals surface area contributed by atoms with Crippen LogP contribution in [0.2, 0.25) is 0 Å². The van der Waals surface area contributed by atoms with Gasteiger partial charge < -0.3 is 10.3 Å². The Kier molecular flexibility index (Phi) is 1.54. The van der Waals surface area contributed by atoms with Crippen LogP contribution in [0.1, 0.15) is 22.9 Å². The van der Waals surface area contributed by atoms with Crippen molar-refractivity contribution in [2.45, 2.75) is 19.1 Å². The topological polar surface area (TPSA) is 52.5 Å². The Morgan fingerprint density at radius 1 is 1.31 bits per heavy atom. The van der Waals surface area contributed by atoms with Gasteiger partial charge >= 0.3 is 0 Å². The fourth-order valence-corrected chi connectivity index (χ4v) is 2.79. The van der Waals surface area contributed by atoms with Crippen molar-refractivity contribution in [3.63, 3.8) is 0 Å². The van der Waals surface area contributed by atoms with Crippen molar-refractivity contribution < 1.29 is 0 Å². The van der Waals surface area contributed by atoms with Crippen molar-refractivity contribution in [1.29, 1.82) is 0 Å². The molecule has 4 rings (SSSR count). The highest BCUT2D eigenvalue weighted by molar-refractivity contribution is 5.89. The Hall–Kier alpha value is -1.68. The first-order valence-electron chi connectivity index (χ1n) is 5.63. The monoisotopic (exact) mass is 212 g/mol. The van der Waals surface area contributed by atoms with E-state index in [1.807, 2.05) is 0 Å². The van der Waals surface area contributed by atoms with Gasteiger partial charge in [-0.25, -0.2) is 0 Å². The Balaban J connectivity index is 2.17. The van der Waals surface area contributed by atoms with Gasteiger partial charge in [0.25, 0.3) is 0 Å². The standard InChI is InChI=1S/C12H12N4/c1-2-7-4-14-16-10-6-13-5-9-12(10)11(7)8(3-1)15-9/h1-3,10,13,15H,4-6H2. The van der Waals surface area contributed by atoms with Crippen molar-refractivity contribution in [3.05, 3.63) is 35.0 Å². The zero-order valence-corrected chi connectivity index (χ0v) is 8.83. The second-order valence-electron chi connectivity index (χ2n) is 4.42. The number of hydrogen-bond donors (Lipinski definition) is 2. The summed E-state index contributed by atoms with van der Waals surface area (Å²) in [7, 11) is 0. The zero-order valence-electron chi connectivity index (χ0n) is 8.83. The molecular formula is C12H12N4. The van der Waals surface area contributed by atoms with Crippen LogP contribution >= 0.6 is 0 Å².